The Labute approximate surface area is 82.5 Å². The van der Waals surface area contributed by atoms with Gasteiger partial charge in [-0.25, -0.2) is 0 Å². The van der Waals surface area contributed by atoms with Crippen molar-refractivity contribution >= 4 is 11.8 Å². The van der Waals surface area contributed by atoms with Crippen molar-refractivity contribution in [2.45, 2.75) is 52.2 Å². The number of rotatable bonds is 6. The maximum absolute atomic E-state index is 2.35. The number of hydrogen-bond donors (Lipinski definition) is 0. The minimum absolute atomic E-state index is 0.845. The van der Waals surface area contributed by atoms with Crippen LogP contribution in [0.2, 0.25) is 0 Å². The highest BCUT2D eigenvalue weighted by atomic mass is 32.2. The summed E-state index contributed by atoms with van der Waals surface area (Å²) in [5.41, 5.74) is 0. The first-order valence-corrected chi connectivity index (χ1v) is 6.43. The Balaban J connectivity index is 3.58. The molecule has 0 aliphatic carbocycles. The van der Waals surface area contributed by atoms with Gasteiger partial charge in [-0.1, -0.05) is 34.1 Å². The summed E-state index contributed by atoms with van der Waals surface area (Å²) < 4.78 is 0. The van der Waals surface area contributed by atoms with Gasteiger partial charge in [0.25, 0.3) is 0 Å². The highest BCUT2D eigenvalue weighted by molar-refractivity contribution is 7.99. The topological polar surface area (TPSA) is 0 Å². The summed E-state index contributed by atoms with van der Waals surface area (Å²) in [6, 6.07) is 0. The molecule has 0 heterocycles. The monoisotopic (exact) mass is 188 g/mol. The van der Waals surface area contributed by atoms with E-state index < -0.39 is 0 Å². The fourth-order valence-electron chi connectivity index (χ4n) is 1.58. The second kappa shape index (κ2) is 6.82. The smallest absolute Gasteiger partial charge is 0.00160 e. The van der Waals surface area contributed by atoms with Gasteiger partial charge in [0, 0.05) is 5.25 Å². The summed E-state index contributed by atoms with van der Waals surface area (Å²) in [7, 11) is 0. The fraction of sp³-hybridized carbons (Fsp3) is 1.00. The lowest BCUT2D eigenvalue weighted by atomic mass is 9.88. The molecule has 0 bridgehead atoms. The molecule has 2 unspecified atom stereocenters. The molecule has 0 aromatic rings. The molecule has 0 nitrogen and oxygen atoms in total. The zero-order chi connectivity index (χ0) is 9.56. The van der Waals surface area contributed by atoms with E-state index in [9.17, 15) is 0 Å². The molecule has 0 N–H and O–H groups in total. The van der Waals surface area contributed by atoms with Crippen molar-refractivity contribution < 1.29 is 0 Å². The van der Waals surface area contributed by atoms with E-state index in [2.05, 4.69) is 34.0 Å². The standard InChI is InChI=1S/C11H24S/c1-6-11(9(2)3)8-7-10(4)12-5/h9-11H,6-8H2,1-5H3. The number of thioether (sulfide) groups is 1. The molecule has 0 radical (unpaired) electrons. The minimum atomic E-state index is 0.845. The molecule has 0 aromatic carbocycles. The van der Waals surface area contributed by atoms with Crippen molar-refractivity contribution in [1.82, 2.24) is 0 Å². The van der Waals surface area contributed by atoms with Crippen LogP contribution in [0.15, 0.2) is 0 Å². The van der Waals surface area contributed by atoms with Crippen molar-refractivity contribution in [3.8, 4) is 0 Å². The Hall–Kier alpha value is 0.350. The lowest BCUT2D eigenvalue weighted by Gasteiger charge is -2.20. The van der Waals surface area contributed by atoms with Gasteiger partial charge in [0.05, 0.1) is 0 Å². The third-order valence-corrected chi connectivity index (χ3v) is 3.85. The lowest BCUT2D eigenvalue weighted by molar-refractivity contribution is 0.341. The van der Waals surface area contributed by atoms with Crippen LogP contribution >= 0.6 is 11.8 Å². The third-order valence-electron chi connectivity index (χ3n) is 2.81. The van der Waals surface area contributed by atoms with Crippen molar-refractivity contribution in [2.75, 3.05) is 6.26 Å². The van der Waals surface area contributed by atoms with Crippen LogP contribution in [-0.2, 0) is 0 Å². The van der Waals surface area contributed by atoms with Gasteiger partial charge < -0.3 is 0 Å². The van der Waals surface area contributed by atoms with E-state index in [4.69, 9.17) is 0 Å². The van der Waals surface area contributed by atoms with Gasteiger partial charge in [-0.15, -0.1) is 0 Å². The van der Waals surface area contributed by atoms with Crippen molar-refractivity contribution in [3.05, 3.63) is 0 Å². The lowest BCUT2D eigenvalue weighted by Crippen LogP contribution is -2.09. The molecule has 1 heteroatoms. The Kier molecular flexibility index (Phi) is 7.02. The van der Waals surface area contributed by atoms with Crippen LogP contribution in [0.4, 0.5) is 0 Å². The molecule has 0 amide bonds. The average Bonchev–Trinajstić information content (AvgIpc) is 2.04. The van der Waals surface area contributed by atoms with Gasteiger partial charge in [0.2, 0.25) is 0 Å². The van der Waals surface area contributed by atoms with Crippen LogP contribution in [0, 0.1) is 11.8 Å². The Morgan fingerprint density at radius 3 is 2.00 bits per heavy atom. The van der Waals surface area contributed by atoms with Gasteiger partial charge in [-0.05, 0) is 30.9 Å². The van der Waals surface area contributed by atoms with Crippen LogP contribution in [0.3, 0.4) is 0 Å². The van der Waals surface area contributed by atoms with Gasteiger partial charge in [-0.2, -0.15) is 11.8 Å². The summed E-state index contributed by atoms with van der Waals surface area (Å²) in [6.45, 7) is 9.34. The highest BCUT2D eigenvalue weighted by Gasteiger charge is 2.11. The summed E-state index contributed by atoms with van der Waals surface area (Å²) in [6.07, 6.45) is 6.35. The summed E-state index contributed by atoms with van der Waals surface area (Å²) in [4.78, 5) is 0. The molecule has 0 spiro atoms. The zero-order valence-corrected chi connectivity index (χ0v) is 10.1. The molecule has 0 saturated heterocycles. The Bertz CT molecular complexity index is 99.2. The zero-order valence-electron chi connectivity index (χ0n) is 9.26. The van der Waals surface area contributed by atoms with E-state index in [1.54, 1.807) is 0 Å². The maximum Gasteiger partial charge on any atom is 0.00160 e. The van der Waals surface area contributed by atoms with Crippen LogP contribution in [0.5, 0.6) is 0 Å². The van der Waals surface area contributed by atoms with Gasteiger partial charge in [-0.3, -0.25) is 0 Å². The predicted molar refractivity (Wildman–Crippen MR) is 60.8 cm³/mol. The van der Waals surface area contributed by atoms with Crippen LogP contribution in [0.25, 0.3) is 0 Å². The van der Waals surface area contributed by atoms with Gasteiger partial charge in [0.1, 0.15) is 0 Å². The van der Waals surface area contributed by atoms with E-state index in [-0.39, 0.29) is 0 Å². The Morgan fingerprint density at radius 1 is 1.08 bits per heavy atom. The largest absolute Gasteiger partial charge is 0.162 e. The molecule has 0 aliphatic rings. The normalized spacial score (nSPS) is 16.5. The van der Waals surface area contributed by atoms with Crippen LogP contribution < -0.4 is 0 Å². The Morgan fingerprint density at radius 2 is 1.67 bits per heavy atom. The molecule has 0 aromatic heterocycles. The van der Waals surface area contributed by atoms with Crippen LogP contribution in [0.1, 0.15) is 47.0 Å². The molecular formula is C11H24S. The highest BCUT2D eigenvalue weighted by Crippen LogP contribution is 2.23. The molecular weight excluding hydrogens is 164 g/mol. The molecule has 74 valence electrons. The fourth-order valence-corrected chi connectivity index (χ4v) is 1.95. The molecule has 0 rings (SSSR count). The van der Waals surface area contributed by atoms with E-state index in [1.807, 2.05) is 11.8 Å². The van der Waals surface area contributed by atoms with E-state index >= 15 is 0 Å². The molecule has 12 heavy (non-hydrogen) atoms. The quantitative estimate of drug-likeness (QED) is 0.602. The SMILES string of the molecule is CCC(CCC(C)SC)C(C)C. The average molecular weight is 188 g/mol. The van der Waals surface area contributed by atoms with E-state index in [0.29, 0.717) is 0 Å². The predicted octanol–water partition coefficient (Wildman–Crippen LogP) is 4.20. The van der Waals surface area contributed by atoms with Gasteiger partial charge >= 0.3 is 0 Å². The van der Waals surface area contributed by atoms with Crippen molar-refractivity contribution in [2.24, 2.45) is 11.8 Å². The summed E-state index contributed by atoms with van der Waals surface area (Å²) >= 11 is 1.99. The third kappa shape index (κ3) is 5.08. The molecule has 0 fully saturated rings. The number of hydrogen-bond acceptors (Lipinski definition) is 1. The molecule has 2 atom stereocenters. The molecule has 0 saturated carbocycles. The second-order valence-electron chi connectivity index (χ2n) is 4.04. The van der Waals surface area contributed by atoms with Crippen molar-refractivity contribution in [1.29, 1.82) is 0 Å². The first-order valence-electron chi connectivity index (χ1n) is 5.14. The van der Waals surface area contributed by atoms with E-state index in [1.165, 1.54) is 19.3 Å². The first-order chi connectivity index (χ1) is 5.61. The summed E-state index contributed by atoms with van der Waals surface area (Å²) in [5, 5.41) is 0.845. The maximum atomic E-state index is 2.35. The molecule has 0 aliphatic heterocycles. The minimum Gasteiger partial charge on any atom is -0.162 e. The van der Waals surface area contributed by atoms with Gasteiger partial charge in [0.15, 0.2) is 0 Å². The summed E-state index contributed by atoms with van der Waals surface area (Å²) in [5.74, 6) is 1.81. The first kappa shape index (κ1) is 12.3. The van der Waals surface area contributed by atoms with E-state index in [0.717, 1.165) is 17.1 Å². The van der Waals surface area contributed by atoms with Crippen molar-refractivity contribution in [3.63, 3.8) is 0 Å². The van der Waals surface area contributed by atoms with Crippen LogP contribution in [-0.4, -0.2) is 11.5 Å². The second-order valence-corrected chi connectivity index (χ2v) is 5.31.